The number of aliphatic hydroxyl groups excluding tert-OH is 2. The van der Waals surface area contributed by atoms with Crippen LogP contribution >= 0.6 is 11.8 Å². The van der Waals surface area contributed by atoms with Gasteiger partial charge in [-0.05, 0) is 24.5 Å². The SMILES string of the molecule is CCCCC#Cc1nc(N)c2nc(-c3ccco3)n([C@@H]3SC[C@@H](O)[C@H]3O)c2n1. The van der Waals surface area contributed by atoms with E-state index in [1.54, 1.807) is 23.0 Å². The molecule has 1 fully saturated rings. The number of nitrogens with two attached hydrogens (primary N) is 1. The van der Waals surface area contributed by atoms with Crippen molar-refractivity contribution in [2.45, 2.75) is 43.8 Å². The molecule has 0 radical (unpaired) electrons. The average Bonchev–Trinajstić information content (AvgIpc) is 3.39. The van der Waals surface area contributed by atoms with Crippen LogP contribution in [0.3, 0.4) is 0 Å². The van der Waals surface area contributed by atoms with E-state index in [1.165, 1.54) is 11.8 Å². The van der Waals surface area contributed by atoms with Crippen molar-refractivity contribution in [1.29, 1.82) is 0 Å². The molecule has 3 aromatic rings. The number of nitrogen functional groups attached to an aromatic ring is 1. The third-order valence-corrected chi connectivity index (χ3v) is 5.91. The van der Waals surface area contributed by atoms with E-state index in [1.807, 2.05) is 0 Å². The highest BCUT2D eigenvalue weighted by molar-refractivity contribution is 7.99. The van der Waals surface area contributed by atoms with E-state index < -0.39 is 17.6 Å². The average molecular weight is 399 g/mol. The maximum absolute atomic E-state index is 10.5. The number of furan rings is 1. The molecule has 3 aromatic heterocycles. The van der Waals surface area contributed by atoms with E-state index in [2.05, 4.69) is 33.7 Å². The topological polar surface area (TPSA) is 123 Å². The largest absolute Gasteiger partial charge is 0.461 e. The number of hydrogen-bond acceptors (Lipinski definition) is 8. The molecule has 0 amide bonds. The van der Waals surface area contributed by atoms with Gasteiger partial charge in [-0.3, -0.25) is 4.57 Å². The minimum Gasteiger partial charge on any atom is -0.461 e. The van der Waals surface area contributed by atoms with E-state index in [9.17, 15) is 10.2 Å². The van der Waals surface area contributed by atoms with Gasteiger partial charge < -0.3 is 20.4 Å². The number of rotatable bonds is 4. The fourth-order valence-electron chi connectivity index (χ4n) is 3.09. The number of aromatic nitrogens is 4. The van der Waals surface area contributed by atoms with Crippen LogP contribution in [0.1, 0.15) is 37.4 Å². The first-order valence-electron chi connectivity index (χ1n) is 9.16. The third kappa shape index (κ3) is 3.35. The Morgan fingerprint density at radius 3 is 2.89 bits per heavy atom. The summed E-state index contributed by atoms with van der Waals surface area (Å²) in [4.78, 5) is 13.4. The molecule has 0 bridgehead atoms. The molecule has 9 heteroatoms. The summed E-state index contributed by atoms with van der Waals surface area (Å²) in [5, 5.41) is 20.0. The zero-order valence-corrected chi connectivity index (χ0v) is 16.2. The van der Waals surface area contributed by atoms with E-state index in [-0.39, 0.29) is 5.82 Å². The van der Waals surface area contributed by atoms with Crippen molar-refractivity contribution >= 4 is 28.7 Å². The van der Waals surface area contributed by atoms with Crippen LogP contribution < -0.4 is 5.73 Å². The normalized spacial score (nSPS) is 21.8. The predicted molar refractivity (Wildman–Crippen MR) is 107 cm³/mol. The Bertz CT molecular complexity index is 1040. The second-order valence-corrected chi connectivity index (χ2v) is 7.72. The maximum Gasteiger partial charge on any atom is 0.208 e. The van der Waals surface area contributed by atoms with Crippen LogP contribution in [0.25, 0.3) is 22.7 Å². The molecule has 0 spiro atoms. The number of nitrogens with zero attached hydrogens (tertiary/aromatic N) is 4. The molecular formula is C19H21N5O3S. The number of imidazole rings is 1. The van der Waals surface area contributed by atoms with Gasteiger partial charge in [0, 0.05) is 12.2 Å². The van der Waals surface area contributed by atoms with Gasteiger partial charge in [0.2, 0.25) is 5.82 Å². The van der Waals surface area contributed by atoms with Crippen molar-refractivity contribution < 1.29 is 14.6 Å². The number of fused-ring (bicyclic) bond motifs is 1. The Kier molecular flexibility index (Phi) is 5.26. The standard InChI is InChI=1S/C19H21N5O3S/c1-2-3-4-5-8-13-21-16(20)14-18(22-13)24(19-15(26)11(25)10-28-19)17(23-14)12-7-6-9-27-12/h6-7,9,11,15,19,25-26H,2-4,10H2,1H3,(H2,20,21,22)/t11-,15-,19-/m1/s1. The lowest BCUT2D eigenvalue weighted by atomic mass is 10.2. The highest BCUT2D eigenvalue weighted by Gasteiger charge is 2.38. The van der Waals surface area contributed by atoms with Gasteiger partial charge >= 0.3 is 0 Å². The van der Waals surface area contributed by atoms with Crippen LogP contribution in [0.4, 0.5) is 5.82 Å². The lowest BCUT2D eigenvalue weighted by molar-refractivity contribution is 0.0316. The van der Waals surface area contributed by atoms with Gasteiger partial charge in [0.1, 0.15) is 11.5 Å². The van der Waals surface area contributed by atoms with Gasteiger partial charge in [0.05, 0.1) is 12.4 Å². The Hall–Kier alpha value is -2.54. The first-order chi connectivity index (χ1) is 13.6. The minimum absolute atomic E-state index is 0.217. The molecule has 0 aromatic carbocycles. The Morgan fingerprint density at radius 1 is 1.36 bits per heavy atom. The lowest BCUT2D eigenvalue weighted by Gasteiger charge is -2.19. The van der Waals surface area contributed by atoms with Crippen LogP contribution in [-0.4, -0.2) is 47.7 Å². The molecule has 1 saturated heterocycles. The summed E-state index contributed by atoms with van der Waals surface area (Å²) in [6.07, 6.45) is 2.59. The number of hydrogen-bond donors (Lipinski definition) is 3. The minimum atomic E-state index is -0.966. The molecule has 0 saturated carbocycles. The molecule has 3 atom stereocenters. The van der Waals surface area contributed by atoms with Gasteiger partial charge in [-0.1, -0.05) is 19.3 Å². The van der Waals surface area contributed by atoms with Gasteiger partial charge in [0.15, 0.2) is 28.6 Å². The highest BCUT2D eigenvalue weighted by atomic mass is 32.2. The predicted octanol–water partition coefficient (Wildman–Crippen LogP) is 2.18. The highest BCUT2D eigenvalue weighted by Crippen LogP contribution is 2.41. The maximum atomic E-state index is 10.5. The Morgan fingerprint density at radius 2 is 2.21 bits per heavy atom. The van der Waals surface area contributed by atoms with Crippen LogP contribution in [-0.2, 0) is 0 Å². The summed E-state index contributed by atoms with van der Waals surface area (Å²) >= 11 is 1.42. The number of unbranched alkanes of at least 4 members (excludes halogenated alkanes) is 2. The monoisotopic (exact) mass is 399 g/mol. The molecule has 4 rings (SSSR count). The molecule has 1 aliphatic rings. The van der Waals surface area contributed by atoms with Crippen LogP contribution in [0.5, 0.6) is 0 Å². The summed E-state index contributed by atoms with van der Waals surface area (Å²) in [6.45, 7) is 2.11. The fourth-order valence-corrected chi connectivity index (χ4v) is 4.41. The number of thioether (sulfide) groups is 1. The van der Waals surface area contributed by atoms with Crippen molar-refractivity contribution in [2.75, 3.05) is 11.5 Å². The van der Waals surface area contributed by atoms with Gasteiger partial charge in [0.25, 0.3) is 0 Å². The van der Waals surface area contributed by atoms with Crippen LogP contribution in [0.2, 0.25) is 0 Å². The Balaban J connectivity index is 1.88. The molecule has 4 heterocycles. The summed E-state index contributed by atoms with van der Waals surface area (Å²) in [7, 11) is 0. The van der Waals surface area contributed by atoms with E-state index in [4.69, 9.17) is 10.2 Å². The van der Waals surface area contributed by atoms with Crippen molar-refractivity contribution in [3.05, 3.63) is 24.2 Å². The second-order valence-electron chi connectivity index (χ2n) is 6.57. The molecule has 8 nitrogen and oxygen atoms in total. The van der Waals surface area contributed by atoms with Crippen molar-refractivity contribution in [3.63, 3.8) is 0 Å². The zero-order chi connectivity index (χ0) is 19.7. The van der Waals surface area contributed by atoms with E-state index in [0.717, 1.165) is 19.3 Å². The van der Waals surface area contributed by atoms with Crippen LogP contribution in [0.15, 0.2) is 22.8 Å². The lowest BCUT2D eigenvalue weighted by Crippen LogP contribution is -2.28. The van der Waals surface area contributed by atoms with E-state index >= 15 is 0 Å². The molecular weight excluding hydrogens is 378 g/mol. The molecule has 0 unspecified atom stereocenters. The molecule has 1 aliphatic heterocycles. The van der Waals surface area contributed by atoms with Gasteiger partial charge in [-0.2, -0.15) is 0 Å². The van der Waals surface area contributed by atoms with Gasteiger partial charge in [-0.25, -0.2) is 15.0 Å². The summed E-state index contributed by atoms with van der Waals surface area (Å²) in [5.74, 6) is 7.95. The number of anilines is 1. The fraction of sp³-hybridized carbons (Fsp3) is 0.421. The first kappa shape index (κ1) is 18.8. The second kappa shape index (κ2) is 7.83. The molecule has 0 aliphatic carbocycles. The third-order valence-electron chi connectivity index (χ3n) is 4.54. The summed E-state index contributed by atoms with van der Waals surface area (Å²) in [5.41, 5.74) is 7.02. The smallest absolute Gasteiger partial charge is 0.208 e. The molecule has 4 N–H and O–H groups in total. The summed E-state index contributed by atoms with van der Waals surface area (Å²) in [6, 6.07) is 3.53. The quantitative estimate of drug-likeness (QED) is 0.451. The molecule has 146 valence electrons. The zero-order valence-electron chi connectivity index (χ0n) is 15.4. The summed E-state index contributed by atoms with van der Waals surface area (Å²) < 4.78 is 7.28. The van der Waals surface area contributed by atoms with Crippen molar-refractivity contribution in [2.24, 2.45) is 0 Å². The van der Waals surface area contributed by atoms with Crippen LogP contribution in [0, 0.1) is 11.8 Å². The van der Waals surface area contributed by atoms with Gasteiger partial charge in [-0.15, -0.1) is 11.8 Å². The first-order valence-corrected chi connectivity index (χ1v) is 10.2. The Labute approximate surface area is 166 Å². The van der Waals surface area contributed by atoms with Crippen molar-refractivity contribution in [3.8, 4) is 23.4 Å². The van der Waals surface area contributed by atoms with Crippen molar-refractivity contribution in [1.82, 2.24) is 19.5 Å². The molecule has 28 heavy (non-hydrogen) atoms. The van der Waals surface area contributed by atoms with E-state index in [0.29, 0.717) is 34.3 Å². The number of aliphatic hydroxyl groups is 2.